The number of piperazine rings is 1. The molecule has 0 radical (unpaired) electrons. The van der Waals surface area contributed by atoms with Gasteiger partial charge in [-0.15, -0.1) is 0 Å². The van der Waals surface area contributed by atoms with Gasteiger partial charge in [-0.3, -0.25) is 0 Å². The van der Waals surface area contributed by atoms with E-state index >= 15 is 0 Å². The fourth-order valence-electron chi connectivity index (χ4n) is 1.83. The largest absolute Gasteiger partial charge is 0.392 e. The van der Waals surface area contributed by atoms with Crippen LogP contribution in [0, 0.1) is 0 Å². The molecule has 0 bridgehead atoms. The number of nitrogens with one attached hydrogen (secondary N) is 2. The lowest BCUT2D eigenvalue weighted by Gasteiger charge is -2.33. The van der Waals surface area contributed by atoms with E-state index in [1.54, 1.807) is 14.1 Å². The predicted molar refractivity (Wildman–Crippen MR) is 68.8 cm³/mol. The fourth-order valence-corrected chi connectivity index (χ4v) is 3.28. The maximum atomic E-state index is 12.2. The molecule has 17 heavy (non-hydrogen) atoms. The van der Waals surface area contributed by atoms with Gasteiger partial charge in [0, 0.05) is 46.5 Å². The molecule has 2 N–H and O–H groups in total. The third kappa shape index (κ3) is 3.34. The molecule has 1 heterocycles. The number of hydrogen-bond donors (Lipinski definition) is 2. The first-order chi connectivity index (χ1) is 8.06. The second-order valence-electron chi connectivity index (χ2n) is 3.89. The van der Waals surface area contributed by atoms with E-state index in [4.69, 9.17) is 0 Å². The Kier molecular flexibility index (Phi) is 5.23. The van der Waals surface area contributed by atoms with Gasteiger partial charge in [-0.1, -0.05) is 6.92 Å². The van der Waals surface area contributed by atoms with Crippen LogP contribution in [0.1, 0.15) is 6.92 Å². The zero-order valence-corrected chi connectivity index (χ0v) is 11.5. The van der Waals surface area contributed by atoms with E-state index in [0.717, 1.165) is 19.6 Å². The second-order valence-corrected chi connectivity index (χ2v) is 5.79. The quantitative estimate of drug-likeness (QED) is 0.678. The minimum atomic E-state index is -3.37. The average molecular weight is 262 g/mol. The molecule has 0 saturated carbocycles. The van der Waals surface area contributed by atoms with E-state index in [2.05, 4.69) is 22.5 Å². The van der Waals surface area contributed by atoms with Gasteiger partial charge in [0.05, 0.1) is 0 Å². The Bertz CT molecular complexity index is 359. The van der Waals surface area contributed by atoms with Crippen LogP contribution in [-0.2, 0) is 10.0 Å². The van der Waals surface area contributed by atoms with Crippen LogP contribution in [0.5, 0.6) is 0 Å². The summed E-state index contributed by atoms with van der Waals surface area (Å²) in [6, 6.07) is 0. The van der Waals surface area contributed by atoms with Gasteiger partial charge < -0.3 is 15.5 Å². The summed E-state index contributed by atoms with van der Waals surface area (Å²) < 4.78 is 26.0. The SMILES string of the molecule is CCN1CCN(S(=O)(=O)/C(=C/NC)NC)CC1. The normalized spacial score (nSPS) is 20.3. The standard InChI is InChI=1S/C10H22N4O2S/c1-4-13-5-7-14(8-6-13)17(15,16)10(12-3)9-11-2/h9,11-12H,4-8H2,1-3H3/b10-9+. The van der Waals surface area contributed by atoms with E-state index in [-0.39, 0.29) is 5.03 Å². The van der Waals surface area contributed by atoms with Crippen molar-refractivity contribution in [2.45, 2.75) is 6.92 Å². The van der Waals surface area contributed by atoms with Crippen LogP contribution in [-0.4, -0.2) is 64.4 Å². The van der Waals surface area contributed by atoms with Crippen molar-refractivity contribution in [2.75, 3.05) is 46.8 Å². The summed E-state index contributed by atoms with van der Waals surface area (Å²) in [5.74, 6) is 0. The van der Waals surface area contributed by atoms with Crippen LogP contribution in [0.3, 0.4) is 0 Å². The lowest BCUT2D eigenvalue weighted by Crippen LogP contribution is -2.49. The lowest BCUT2D eigenvalue weighted by atomic mass is 10.4. The summed E-state index contributed by atoms with van der Waals surface area (Å²) in [5, 5.41) is 5.68. The van der Waals surface area contributed by atoms with Gasteiger partial charge in [0.15, 0.2) is 5.03 Å². The monoisotopic (exact) mass is 262 g/mol. The number of nitrogens with zero attached hydrogens (tertiary/aromatic N) is 2. The highest BCUT2D eigenvalue weighted by Crippen LogP contribution is 2.13. The molecule has 1 saturated heterocycles. The fraction of sp³-hybridized carbons (Fsp3) is 0.800. The molecule has 0 aromatic heterocycles. The molecule has 6 nitrogen and oxygen atoms in total. The second kappa shape index (κ2) is 6.23. The van der Waals surface area contributed by atoms with Gasteiger partial charge in [-0.05, 0) is 6.54 Å². The average Bonchev–Trinajstić information content (AvgIpc) is 2.35. The van der Waals surface area contributed by atoms with Gasteiger partial charge in [-0.25, -0.2) is 8.42 Å². The Labute approximate surface area is 104 Å². The smallest absolute Gasteiger partial charge is 0.259 e. The molecule has 100 valence electrons. The van der Waals surface area contributed by atoms with Crippen molar-refractivity contribution in [3.8, 4) is 0 Å². The minimum Gasteiger partial charge on any atom is -0.392 e. The van der Waals surface area contributed by atoms with Crippen LogP contribution in [0.25, 0.3) is 0 Å². The Hall–Kier alpha value is -0.790. The molecule has 1 aliphatic heterocycles. The first-order valence-corrected chi connectivity index (χ1v) is 7.28. The molecule has 0 atom stereocenters. The first-order valence-electron chi connectivity index (χ1n) is 5.84. The van der Waals surface area contributed by atoms with Crippen molar-refractivity contribution >= 4 is 10.0 Å². The highest BCUT2D eigenvalue weighted by Gasteiger charge is 2.29. The molecule has 0 spiro atoms. The van der Waals surface area contributed by atoms with Crippen LogP contribution in [0.2, 0.25) is 0 Å². The molecule has 7 heteroatoms. The number of rotatable bonds is 5. The summed E-state index contributed by atoms with van der Waals surface area (Å²) in [5.41, 5.74) is 0. The van der Waals surface area contributed by atoms with E-state index in [1.807, 2.05) is 0 Å². The van der Waals surface area contributed by atoms with E-state index in [9.17, 15) is 8.42 Å². The maximum absolute atomic E-state index is 12.2. The minimum absolute atomic E-state index is 0.213. The molecule has 0 aromatic rings. The highest BCUT2D eigenvalue weighted by molar-refractivity contribution is 7.92. The molecular weight excluding hydrogens is 240 g/mol. The van der Waals surface area contributed by atoms with Crippen LogP contribution >= 0.6 is 0 Å². The molecule has 0 amide bonds. The third-order valence-corrected chi connectivity index (χ3v) is 4.84. The lowest BCUT2D eigenvalue weighted by molar-refractivity contribution is 0.197. The van der Waals surface area contributed by atoms with Crippen LogP contribution < -0.4 is 10.6 Å². The van der Waals surface area contributed by atoms with Gasteiger partial charge in [0.2, 0.25) is 0 Å². The number of hydrogen-bond acceptors (Lipinski definition) is 5. The third-order valence-electron chi connectivity index (χ3n) is 2.92. The molecule has 1 rings (SSSR count). The number of likely N-dealkylation sites (N-methyl/N-ethyl adjacent to an activating group) is 1. The van der Waals surface area contributed by atoms with Crippen molar-refractivity contribution in [1.82, 2.24) is 19.8 Å². The highest BCUT2D eigenvalue weighted by atomic mass is 32.2. The van der Waals surface area contributed by atoms with Gasteiger partial charge in [0.25, 0.3) is 10.0 Å². The maximum Gasteiger partial charge on any atom is 0.259 e. The Morgan fingerprint density at radius 1 is 1.24 bits per heavy atom. The van der Waals surface area contributed by atoms with Crippen LogP contribution in [0.4, 0.5) is 0 Å². The van der Waals surface area contributed by atoms with Crippen molar-refractivity contribution in [3.63, 3.8) is 0 Å². The molecule has 1 aliphatic rings. The Balaban J connectivity index is 2.75. The zero-order chi connectivity index (χ0) is 12.9. The summed E-state index contributed by atoms with van der Waals surface area (Å²) in [6.07, 6.45) is 1.47. The van der Waals surface area contributed by atoms with Gasteiger partial charge in [0.1, 0.15) is 0 Å². The van der Waals surface area contributed by atoms with E-state index in [1.165, 1.54) is 10.5 Å². The van der Waals surface area contributed by atoms with Crippen LogP contribution in [0.15, 0.2) is 11.2 Å². The summed E-state index contributed by atoms with van der Waals surface area (Å²) in [6.45, 7) is 5.76. The number of sulfonamides is 1. The van der Waals surface area contributed by atoms with Crippen molar-refractivity contribution in [1.29, 1.82) is 0 Å². The van der Waals surface area contributed by atoms with Crippen molar-refractivity contribution in [2.24, 2.45) is 0 Å². The Morgan fingerprint density at radius 2 is 1.82 bits per heavy atom. The molecule has 0 aromatic carbocycles. The summed E-state index contributed by atoms with van der Waals surface area (Å²) in [7, 11) is -0.0773. The first kappa shape index (κ1) is 14.3. The molecule has 1 fully saturated rings. The predicted octanol–water partition coefficient (Wildman–Crippen LogP) is -0.809. The van der Waals surface area contributed by atoms with Crippen molar-refractivity contribution in [3.05, 3.63) is 11.2 Å². The molecule has 0 aliphatic carbocycles. The van der Waals surface area contributed by atoms with Crippen molar-refractivity contribution < 1.29 is 8.42 Å². The van der Waals surface area contributed by atoms with E-state index < -0.39 is 10.0 Å². The Morgan fingerprint density at radius 3 is 2.24 bits per heavy atom. The van der Waals surface area contributed by atoms with Gasteiger partial charge >= 0.3 is 0 Å². The topological polar surface area (TPSA) is 64.7 Å². The summed E-state index contributed by atoms with van der Waals surface area (Å²) >= 11 is 0. The zero-order valence-electron chi connectivity index (χ0n) is 10.7. The molecular formula is C10H22N4O2S. The van der Waals surface area contributed by atoms with Gasteiger partial charge in [-0.2, -0.15) is 4.31 Å². The molecule has 0 unspecified atom stereocenters. The summed E-state index contributed by atoms with van der Waals surface area (Å²) in [4.78, 5) is 2.24. The van der Waals surface area contributed by atoms with E-state index in [0.29, 0.717) is 13.1 Å².